The largest absolute Gasteiger partial charge is 0.324 e. The summed E-state index contributed by atoms with van der Waals surface area (Å²) in [7, 11) is 0. The monoisotopic (exact) mass is 326 g/mol. The number of hydrogen-bond donors (Lipinski definition) is 2. The van der Waals surface area contributed by atoms with Crippen LogP contribution < -0.4 is 11.1 Å². The van der Waals surface area contributed by atoms with E-state index < -0.39 is 17.7 Å². The molecule has 0 radical (unpaired) electrons. The first-order valence-electron chi connectivity index (χ1n) is 5.98. The lowest BCUT2D eigenvalue weighted by Gasteiger charge is -2.08. The molecule has 3 N–H and O–H groups in total. The molecule has 108 valence electrons. The van der Waals surface area contributed by atoms with Gasteiger partial charge in [0.15, 0.2) is 11.6 Å². The Labute approximate surface area is 128 Å². The van der Waals surface area contributed by atoms with Gasteiger partial charge in [0, 0.05) is 21.0 Å². The highest BCUT2D eigenvalue weighted by atomic mass is 35.5. The molecule has 1 heterocycles. The minimum Gasteiger partial charge on any atom is -0.324 e. The van der Waals surface area contributed by atoms with Crippen molar-refractivity contribution in [1.29, 1.82) is 0 Å². The number of fused-ring (bicyclic) bond motifs is 1. The van der Waals surface area contributed by atoms with Crippen LogP contribution in [0.25, 0.3) is 0 Å². The molecule has 1 amide bonds. The van der Waals surface area contributed by atoms with Crippen LogP contribution in [-0.2, 0) is 4.79 Å². The molecule has 1 unspecified atom stereocenters. The van der Waals surface area contributed by atoms with Gasteiger partial charge in [0.1, 0.15) is 6.04 Å². The summed E-state index contributed by atoms with van der Waals surface area (Å²) in [6.07, 6.45) is 0. The Morgan fingerprint density at radius 3 is 2.67 bits per heavy atom. The molecule has 0 saturated carbocycles. The van der Waals surface area contributed by atoms with Crippen molar-refractivity contribution in [3.63, 3.8) is 0 Å². The molecule has 0 aliphatic carbocycles. The lowest BCUT2D eigenvalue weighted by molar-refractivity contribution is -0.116. The minimum absolute atomic E-state index is 0.295. The first kappa shape index (κ1) is 14.3. The number of hydrogen-bond acceptors (Lipinski definition) is 3. The van der Waals surface area contributed by atoms with E-state index in [4.69, 9.17) is 17.3 Å². The molecule has 2 aromatic carbocycles. The van der Waals surface area contributed by atoms with Crippen molar-refractivity contribution in [3.05, 3.63) is 52.6 Å². The highest BCUT2D eigenvalue weighted by molar-refractivity contribution is 7.99. The zero-order chi connectivity index (χ0) is 15.1. The quantitative estimate of drug-likeness (QED) is 0.884. The Bertz CT molecular complexity index is 754. The second kappa shape index (κ2) is 5.29. The summed E-state index contributed by atoms with van der Waals surface area (Å²) in [6.45, 7) is 0. The Morgan fingerprint density at radius 1 is 1.19 bits per heavy atom. The third-order valence-electron chi connectivity index (χ3n) is 3.10. The van der Waals surface area contributed by atoms with Crippen LogP contribution in [0, 0.1) is 11.6 Å². The summed E-state index contributed by atoms with van der Waals surface area (Å²) >= 11 is 7.33. The summed E-state index contributed by atoms with van der Waals surface area (Å²) in [4.78, 5) is 12.6. The van der Waals surface area contributed by atoms with Gasteiger partial charge < -0.3 is 11.1 Å². The van der Waals surface area contributed by atoms with Crippen molar-refractivity contribution < 1.29 is 13.6 Å². The van der Waals surface area contributed by atoms with Crippen molar-refractivity contribution in [2.45, 2.75) is 15.8 Å². The molecule has 7 heteroatoms. The second-order valence-corrected chi connectivity index (χ2v) is 6.04. The predicted octanol–water partition coefficient (Wildman–Crippen LogP) is 3.72. The third kappa shape index (κ3) is 2.62. The summed E-state index contributed by atoms with van der Waals surface area (Å²) in [6, 6.07) is 6.15. The first-order valence-corrected chi connectivity index (χ1v) is 7.18. The maximum atomic E-state index is 13.2. The number of carbonyl (C=O) groups is 1. The van der Waals surface area contributed by atoms with Crippen LogP contribution in [0.5, 0.6) is 0 Å². The lowest BCUT2D eigenvalue weighted by atomic mass is 10.1. The molecule has 21 heavy (non-hydrogen) atoms. The zero-order valence-corrected chi connectivity index (χ0v) is 12.1. The van der Waals surface area contributed by atoms with Gasteiger partial charge in [-0.05, 0) is 30.3 Å². The van der Waals surface area contributed by atoms with Crippen LogP contribution in [-0.4, -0.2) is 5.91 Å². The van der Waals surface area contributed by atoms with Crippen LogP contribution in [0.1, 0.15) is 11.6 Å². The van der Waals surface area contributed by atoms with Crippen molar-refractivity contribution in [1.82, 2.24) is 0 Å². The summed E-state index contributed by atoms with van der Waals surface area (Å²) < 4.78 is 26.1. The molecule has 1 aliphatic heterocycles. The number of nitrogens with one attached hydrogen (secondary N) is 1. The van der Waals surface area contributed by atoms with Crippen LogP contribution in [0.2, 0.25) is 5.02 Å². The van der Waals surface area contributed by atoms with Gasteiger partial charge in [-0.1, -0.05) is 23.4 Å². The number of rotatable bonds is 2. The molecule has 0 saturated heterocycles. The van der Waals surface area contributed by atoms with Gasteiger partial charge in [0.25, 0.3) is 0 Å². The van der Waals surface area contributed by atoms with E-state index in [0.717, 1.165) is 12.1 Å². The molecule has 1 atom stereocenters. The number of carbonyl (C=O) groups excluding carboxylic acids is 1. The fourth-order valence-electron chi connectivity index (χ4n) is 2.03. The standard InChI is InChI=1S/C14H9ClF2N2OS/c15-8-4-7-11(19-14(20)13(7)18)5-12(8)21-6-1-2-9(16)10(17)3-6/h1-5,13H,18H2,(H,19,20). The Hall–Kier alpha value is -1.63. The SMILES string of the molecule is NC1C(=O)Nc2cc(Sc3ccc(F)c(F)c3)c(Cl)cc21. The highest BCUT2D eigenvalue weighted by Crippen LogP contribution is 2.40. The maximum absolute atomic E-state index is 13.2. The molecule has 3 rings (SSSR count). The van der Waals surface area contributed by atoms with Crippen molar-refractivity contribution in [2.75, 3.05) is 5.32 Å². The van der Waals surface area contributed by atoms with Gasteiger partial charge in [0.05, 0.1) is 5.02 Å². The Balaban J connectivity index is 1.95. The van der Waals surface area contributed by atoms with Crippen LogP contribution >= 0.6 is 23.4 Å². The molecular formula is C14H9ClF2N2OS. The number of benzene rings is 2. The Kier molecular flexibility index (Phi) is 3.61. The van der Waals surface area contributed by atoms with Crippen molar-refractivity contribution in [3.8, 4) is 0 Å². The van der Waals surface area contributed by atoms with E-state index in [1.807, 2.05) is 0 Å². The Morgan fingerprint density at radius 2 is 1.95 bits per heavy atom. The molecule has 0 bridgehead atoms. The minimum atomic E-state index is -0.924. The van der Waals surface area contributed by atoms with Gasteiger partial charge in [-0.15, -0.1) is 0 Å². The molecule has 0 aromatic heterocycles. The van der Waals surface area contributed by atoms with Gasteiger partial charge in [0.2, 0.25) is 5.91 Å². The fraction of sp³-hybridized carbons (Fsp3) is 0.0714. The molecule has 3 nitrogen and oxygen atoms in total. The van der Waals surface area contributed by atoms with Crippen molar-refractivity contribution >= 4 is 35.0 Å². The molecule has 0 spiro atoms. The van der Waals surface area contributed by atoms with E-state index in [1.165, 1.54) is 17.8 Å². The normalized spacial score (nSPS) is 16.8. The third-order valence-corrected chi connectivity index (χ3v) is 4.57. The maximum Gasteiger partial charge on any atom is 0.245 e. The second-order valence-electron chi connectivity index (χ2n) is 4.51. The average molecular weight is 327 g/mol. The van der Waals surface area contributed by atoms with E-state index in [2.05, 4.69) is 5.32 Å². The van der Waals surface area contributed by atoms with Gasteiger partial charge in [-0.25, -0.2) is 8.78 Å². The number of amides is 1. The molecule has 1 aliphatic rings. The van der Waals surface area contributed by atoms with Crippen LogP contribution in [0.4, 0.5) is 14.5 Å². The average Bonchev–Trinajstić information content (AvgIpc) is 2.70. The van der Waals surface area contributed by atoms with E-state index in [0.29, 0.717) is 26.1 Å². The van der Waals surface area contributed by atoms with E-state index in [-0.39, 0.29) is 5.91 Å². The zero-order valence-electron chi connectivity index (χ0n) is 10.5. The van der Waals surface area contributed by atoms with Gasteiger partial charge >= 0.3 is 0 Å². The highest BCUT2D eigenvalue weighted by Gasteiger charge is 2.28. The molecule has 2 aromatic rings. The van der Waals surface area contributed by atoms with E-state index in [1.54, 1.807) is 12.1 Å². The summed E-state index contributed by atoms with van der Waals surface area (Å²) in [5, 5.41) is 3.05. The fourth-order valence-corrected chi connectivity index (χ4v) is 3.21. The van der Waals surface area contributed by atoms with Gasteiger partial charge in [-0.2, -0.15) is 0 Å². The smallest absolute Gasteiger partial charge is 0.245 e. The number of nitrogens with two attached hydrogens (primary N) is 1. The summed E-state index contributed by atoms with van der Waals surface area (Å²) in [5.74, 6) is -2.12. The predicted molar refractivity (Wildman–Crippen MR) is 77.5 cm³/mol. The lowest BCUT2D eigenvalue weighted by Crippen LogP contribution is -2.19. The molecular weight excluding hydrogens is 318 g/mol. The first-order chi connectivity index (χ1) is 9.95. The number of anilines is 1. The summed E-state index contributed by atoms with van der Waals surface area (Å²) in [5.41, 5.74) is 6.94. The van der Waals surface area contributed by atoms with Crippen LogP contribution in [0.3, 0.4) is 0 Å². The topological polar surface area (TPSA) is 55.1 Å². The van der Waals surface area contributed by atoms with E-state index in [9.17, 15) is 13.6 Å². The van der Waals surface area contributed by atoms with Gasteiger partial charge in [-0.3, -0.25) is 4.79 Å². The van der Waals surface area contributed by atoms with Crippen molar-refractivity contribution in [2.24, 2.45) is 5.73 Å². The van der Waals surface area contributed by atoms with Crippen LogP contribution in [0.15, 0.2) is 40.1 Å². The molecule has 0 fully saturated rings. The van der Waals surface area contributed by atoms with E-state index >= 15 is 0 Å². The number of halogens is 3.